The number of para-hydroxylation sites is 2. The number of ether oxygens (including phenoxy) is 2. The van der Waals surface area contributed by atoms with Crippen molar-refractivity contribution in [3.05, 3.63) is 24.3 Å². The van der Waals surface area contributed by atoms with E-state index in [1.165, 1.54) is 6.42 Å². The second-order valence-corrected chi connectivity index (χ2v) is 6.16. The summed E-state index contributed by atoms with van der Waals surface area (Å²) >= 11 is 0. The lowest BCUT2D eigenvalue weighted by molar-refractivity contribution is -0.123. The Bertz CT molecular complexity index is 544. The smallest absolute Gasteiger partial charge is 0.234 e. The highest BCUT2D eigenvalue weighted by Gasteiger charge is 2.23. The molecule has 0 bridgehead atoms. The zero-order chi connectivity index (χ0) is 16.1. The fourth-order valence-corrected chi connectivity index (χ4v) is 3.09. The summed E-state index contributed by atoms with van der Waals surface area (Å²) in [6.45, 7) is 3.30. The summed E-state index contributed by atoms with van der Waals surface area (Å²) < 4.78 is 11.5. The summed E-state index contributed by atoms with van der Waals surface area (Å²) in [4.78, 5) is 14.3. The van der Waals surface area contributed by atoms with Crippen LogP contribution in [0.1, 0.15) is 12.8 Å². The standard InChI is InChI=1S/C17H25N3O3.ClH/c1-18-13-5-4-8-20(10-13)11-17(21)19-9-14-12-22-15-6-2-3-7-16(15)23-14;/h2-3,6-7,13-14,18H,4-5,8-12H2,1H3,(H,19,21);1H. The van der Waals surface area contributed by atoms with E-state index in [0.29, 0.717) is 25.7 Å². The number of fused-ring (bicyclic) bond motifs is 1. The van der Waals surface area contributed by atoms with Gasteiger partial charge in [0.1, 0.15) is 12.7 Å². The van der Waals surface area contributed by atoms with E-state index in [0.717, 1.165) is 31.0 Å². The molecule has 1 aromatic rings. The van der Waals surface area contributed by atoms with Gasteiger partial charge in [-0.05, 0) is 38.6 Å². The van der Waals surface area contributed by atoms with Gasteiger partial charge in [-0.15, -0.1) is 12.4 Å². The second kappa shape index (κ2) is 9.11. The average Bonchev–Trinajstić information content (AvgIpc) is 2.60. The van der Waals surface area contributed by atoms with Crippen LogP contribution >= 0.6 is 12.4 Å². The second-order valence-electron chi connectivity index (χ2n) is 6.16. The summed E-state index contributed by atoms with van der Waals surface area (Å²) in [5, 5.41) is 6.25. The maximum atomic E-state index is 12.1. The van der Waals surface area contributed by atoms with Crippen molar-refractivity contribution in [3.63, 3.8) is 0 Å². The zero-order valence-electron chi connectivity index (χ0n) is 14.0. The summed E-state index contributed by atoms with van der Waals surface area (Å²) in [5.41, 5.74) is 0. The lowest BCUT2D eigenvalue weighted by Crippen LogP contribution is -2.49. The molecule has 2 unspecified atom stereocenters. The number of benzene rings is 1. The summed E-state index contributed by atoms with van der Waals surface area (Å²) in [6, 6.07) is 8.09. The highest BCUT2D eigenvalue weighted by atomic mass is 35.5. The summed E-state index contributed by atoms with van der Waals surface area (Å²) in [7, 11) is 1.98. The highest BCUT2D eigenvalue weighted by molar-refractivity contribution is 5.85. The summed E-state index contributed by atoms with van der Waals surface area (Å²) in [6.07, 6.45) is 2.18. The molecule has 2 aliphatic heterocycles. The quantitative estimate of drug-likeness (QED) is 0.826. The van der Waals surface area contributed by atoms with E-state index in [-0.39, 0.29) is 24.4 Å². The van der Waals surface area contributed by atoms with E-state index in [4.69, 9.17) is 9.47 Å². The van der Waals surface area contributed by atoms with Crippen LogP contribution in [0.25, 0.3) is 0 Å². The number of nitrogens with zero attached hydrogens (tertiary/aromatic N) is 1. The van der Waals surface area contributed by atoms with Gasteiger partial charge in [0.05, 0.1) is 13.1 Å². The van der Waals surface area contributed by atoms with Crippen molar-refractivity contribution in [3.8, 4) is 11.5 Å². The van der Waals surface area contributed by atoms with Crippen LogP contribution in [0.5, 0.6) is 11.5 Å². The number of likely N-dealkylation sites (N-methyl/N-ethyl adjacent to an activating group) is 1. The molecular formula is C17H26ClN3O3. The van der Waals surface area contributed by atoms with Crippen molar-refractivity contribution >= 4 is 18.3 Å². The minimum atomic E-state index is -0.139. The molecule has 2 heterocycles. The molecule has 0 aromatic heterocycles. The number of rotatable bonds is 5. The third-order valence-electron chi connectivity index (χ3n) is 4.38. The van der Waals surface area contributed by atoms with Crippen LogP contribution in [0.3, 0.4) is 0 Å². The Balaban J connectivity index is 0.00000208. The van der Waals surface area contributed by atoms with Crippen LogP contribution in [0, 0.1) is 0 Å². The molecule has 1 fully saturated rings. The molecule has 134 valence electrons. The number of halogens is 1. The number of carbonyl (C=O) groups excluding carboxylic acids is 1. The van der Waals surface area contributed by atoms with E-state index in [2.05, 4.69) is 15.5 Å². The molecule has 24 heavy (non-hydrogen) atoms. The number of hydrogen-bond donors (Lipinski definition) is 2. The maximum absolute atomic E-state index is 12.1. The zero-order valence-corrected chi connectivity index (χ0v) is 14.8. The van der Waals surface area contributed by atoms with Gasteiger partial charge in [0.25, 0.3) is 0 Å². The Labute approximate surface area is 149 Å². The Morgan fingerprint density at radius 3 is 2.92 bits per heavy atom. The van der Waals surface area contributed by atoms with Crippen molar-refractivity contribution in [2.75, 3.05) is 39.8 Å². The molecule has 1 saturated heterocycles. The minimum Gasteiger partial charge on any atom is -0.486 e. The van der Waals surface area contributed by atoms with Gasteiger partial charge in [0, 0.05) is 12.6 Å². The molecule has 1 aromatic carbocycles. The van der Waals surface area contributed by atoms with Crippen LogP contribution in [-0.4, -0.2) is 62.8 Å². The van der Waals surface area contributed by atoms with Crippen LogP contribution in [0.2, 0.25) is 0 Å². The predicted molar refractivity (Wildman–Crippen MR) is 95.1 cm³/mol. The predicted octanol–water partition coefficient (Wildman–Crippen LogP) is 1.05. The van der Waals surface area contributed by atoms with E-state index >= 15 is 0 Å². The van der Waals surface area contributed by atoms with Gasteiger partial charge in [-0.25, -0.2) is 0 Å². The molecular weight excluding hydrogens is 330 g/mol. The Morgan fingerprint density at radius 1 is 1.33 bits per heavy atom. The monoisotopic (exact) mass is 355 g/mol. The average molecular weight is 356 g/mol. The molecule has 2 atom stereocenters. The van der Waals surface area contributed by atoms with E-state index < -0.39 is 0 Å². The first-order valence-corrected chi connectivity index (χ1v) is 8.29. The van der Waals surface area contributed by atoms with Crippen molar-refractivity contribution in [2.45, 2.75) is 25.0 Å². The first-order valence-electron chi connectivity index (χ1n) is 8.29. The molecule has 3 rings (SSSR count). The number of likely N-dealkylation sites (tertiary alicyclic amines) is 1. The molecule has 0 spiro atoms. The van der Waals surface area contributed by atoms with Gasteiger partial charge in [-0.1, -0.05) is 12.1 Å². The molecule has 0 aliphatic carbocycles. The minimum absolute atomic E-state index is 0. The van der Waals surface area contributed by atoms with E-state index in [9.17, 15) is 4.79 Å². The highest BCUT2D eigenvalue weighted by Crippen LogP contribution is 2.30. The number of piperidine rings is 1. The molecule has 2 N–H and O–H groups in total. The van der Waals surface area contributed by atoms with Crippen molar-refractivity contribution in [1.82, 2.24) is 15.5 Å². The first-order chi connectivity index (χ1) is 11.2. The summed E-state index contributed by atoms with van der Waals surface area (Å²) in [5.74, 6) is 1.55. The Kier molecular flexibility index (Phi) is 7.15. The van der Waals surface area contributed by atoms with Crippen molar-refractivity contribution in [1.29, 1.82) is 0 Å². The van der Waals surface area contributed by atoms with Gasteiger partial charge in [0.2, 0.25) is 5.91 Å². The lowest BCUT2D eigenvalue weighted by Gasteiger charge is -2.32. The number of carbonyl (C=O) groups is 1. The topological polar surface area (TPSA) is 62.8 Å². The number of amides is 1. The normalized spacial score (nSPS) is 23.2. The van der Waals surface area contributed by atoms with E-state index in [1.54, 1.807) is 0 Å². The number of nitrogens with one attached hydrogen (secondary N) is 2. The molecule has 6 nitrogen and oxygen atoms in total. The fraction of sp³-hybridized carbons (Fsp3) is 0.588. The molecule has 0 saturated carbocycles. The maximum Gasteiger partial charge on any atom is 0.234 e. The molecule has 2 aliphatic rings. The molecule has 1 amide bonds. The Morgan fingerprint density at radius 2 is 2.12 bits per heavy atom. The van der Waals surface area contributed by atoms with Gasteiger partial charge in [-0.2, -0.15) is 0 Å². The van der Waals surface area contributed by atoms with Crippen LogP contribution in [-0.2, 0) is 4.79 Å². The first kappa shape index (κ1) is 18.8. The Hall–Kier alpha value is -1.50. The van der Waals surface area contributed by atoms with Gasteiger partial charge in [0.15, 0.2) is 11.5 Å². The van der Waals surface area contributed by atoms with Gasteiger partial charge in [-0.3, -0.25) is 9.69 Å². The van der Waals surface area contributed by atoms with Gasteiger partial charge >= 0.3 is 0 Å². The van der Waals surface area contributed by atoms with Crippen LogP contribution < -0.4 is 20.1 Å². The lowest BCUT2D eigenvalue weighted by atomic mass is 10.1. The SMILES string of the molecule is CNC1CCCN(CC(=O)NCC2COc3ccccc3O2)C1.Cl. The van der Waals surface area contributed by atoms with Crippen LogP contribution in [0.15, 0.2) is 24.3 Å². The van der Waals surface area contributed by atoms with Gasteiger partial charge < -0.3 is 20.1 Å². The van der Waals surface area contributed by atoms with Crippen molar-refractivity contribution < 1.29 is 14.3 Å². The van der Waals surface area contributed by atoms with Crippen LogP contribution in [0.4, 0.5) is 0 Å². The third-order valence-corrected chi connectivity index (χ3v) is 4.38. The van der Waals surface area contributed by atoms with E-state index in [1.807, 2.05) is 31.3 Å². The molecule has 7 heteroatoms. The molecule has 0 radical (unpaired) electrons. The fourth-order valence-electron chi connectivity index (χ4n) is 3.09. The third kappa shape index (κ3) is 5.00. The number of hydrogen-bond acceptors (Lipinski definition) is 5. The van der Waals surface area contributed by atoms with Crippen molar-refractivity contribution in [2.24, 2.45) is 0 Å². The largest absolute Gasteiger partial charge is 0.486 e.